The van der Waals surface area contributed by atoms with Gasteiger partial charge in [-0.2, -0.15) is 30.4 Å². The Hall–Kier alpha value is -1.76. The lowest BCUT2D eigenvalue weighted by molar-refractivity contribution is -0.248. The highest BCUT2D eigenvalue weighted by atomic mass is 32.2. The minimum atomic E-state index is -6.46. The van der Waals surface area contributed by atoms with E-state index >= 15 is 0 Å². The van der Waals surface area contributed by atoms with Crippen LogP contribution in [0.15, 0.2) is 12.5 Å². The minimum absolute atomic E-state index is 0.668. The molecule has 0 amide bonds. The second kappa shape index (κ2) is 4.97. The van der Waals surface area contributed by atoms with Crippen LogP contribution in [0.4, 0.5) is 22.0 Å². The Bertz CT molecular complexity index is 581. The van der Waals surface area contributed by atoms with Crippen LogP contribution in [0.25, 0.3) is 0 Å². The zero-order chi connectivity index (χ0) is 15.8. The fourth-order valence-corrected chi connectivity index (χ4v) is 1.45. The quantitative estimate of drug-likeness (QED) is 0.485. The van der Waals surface area contributed by atoms with Gasteiger partial charge in [0.1, 0.15) is 5.69 Å². The lowest BCUT2D eigenvalue weighted by Gasteiger charge is -2.25. The molecule has 0 radical (unpaired) electrons. The molecule has 0 aliphatic rings. The van der Waals surface area contributed by atoms with Gasteiger partial charge in [-0.3, -0.25) is 4.55 Å². The Balaban J connectivity index is 3.13. The molecular weight excluding hydrogens is 319 g/mol. The lowest BCUT2D eigenvalue weighted by atomic mass is 10.3. The topological polar surface area (TPSA) is 109 Å². The van der Waals surface area contributed by atoms with Crippen LogP contribution in [-0.4, -0.2) is 46.4 Å². The molecule has 13 heteroatoms. The van der Waals surface area contributed by atoms with Crippen molar-refractivity contribution in [1.29, 1.82) is 0 Å². The van der Waals surface area contributed by atoms with E-state index in [1.165, 1.54) is 0 Å². The van der Waals surface area contributed by atoms with Crippen molar-refractivity contribution in [3.05, 3.63) is 18.2 Å². The maximum Gasteiger partial charge on any atom is 0.432 e. The molecule has 0 aromatic carbocycles. The number of halogens is 5. The van der Waals surface area contributed by atoms with E-state index in [0.717, 1.165) is 6.33 Å². The molecule has 1 unspecified atom stereocenters. The first-order valence-corrected chi connectivity index (χ1v) is 5.92. The molecule has 0 aliphatic carbocycles. The summed E-state index contributed by atoms with van der Waals surface area (Å²) in [4.78, 5) is 16.3. The van der Waals surface area contributed by atoms with E-state index in [1.807, 2.05) is 4.98 Å². The standard InChI is InChI=1S/C7H5F5N2O5S/c8-6(9,10)5(7(11,12)20(16,17)18)19-4(15)3-1-13-2-14-3/h1-2,5H,(H,13,14)(H,16,17,18). The number of carbonyl (C=O) groups is 1. The summed E-state index contributed by atoms with van der Waals surface area (Å²) in [7, 11) is -6.46. The Morgan fingerprint density at radius 2 is 1.90 bits per heavy atom. The molecular formula is C7H5F5N2O5S. The van der Waals surface area contributed by atoms with Crippen molar-refractivity contribution < 1.29 is 44.5 Å². The van der Waals surface area contributed by atoms with Crippen LogP contribution in [0, 0.1) is 0 Å². The summed E-state index contributed by atoms with van der Waals surface area (Å²) in [5.74, 6) is -1.92. The molecule has 0 bridgehead atoms. The molecule has 114 valence electrons. The summed E-state index contributed by atoms with van der Waals surface area (Å²) in [6.45, 7) is 0. The van der Waals surface area contributed by atoms with Gasteiger partial charge < -0.3 is 9.72 Å². The van der Waals surface area contributed by atoms with Crippen LogP contribution in [0.3, 0.4) is 0 Å². The zero-order valence-corrected chi connectivity index (χ0v) is 9.87. The molecule has 20 heavy (non-hydrogen) atoms. The monoisotopic (exact) mass is 324 g/mol. The van der Waals surface area contributed by atoms with Gasteiger partial charge in [0.05, 0.1) is 12.5 Å². The summed E-state index contributed by atoms with van der Waals surface area (Å²) in [6.07, 6.45) is -8.79. The molecule has 0 aliphatic heterocycles. The number of nitrogens with one attached hydrogen (secondary N) is 1. The SMILES string of the molecule is O=C(OC(C(F)(F)F)C(F)(F)S(=O)(=O)O)c1cnc[nH]1. The van der Waals surface area contributed by atoms with Gasteiger partial charge in [0.15, 0.2) is 0 Å². The van der Waals surface area contributed by atoms with Crippen molar-refractivity contribution in [2.24, 2.45) is 0 Å². The van der Waals surface area contributed by atoms with E-state index < -0.39 is 39.3 Å². The van der Waals surface area contributed by atoms with Crippen LogP contribution in [0.2, 0.25) is 0 Å². The van der Waals surface area contributed by atoms with Gasteiger partial charge in [0, 0.05) is 0 Å². The zero-order valence-electron chi connectivity index (χ0n) is 9.06. The summed E-state index contributed by atoms with van der Waals surface area (Å²) < 4.78 is 95.4. The number of carbonyl (C=O) groups excluding carboxylic acids is 1. The molecule has 1 aromatic rings. The second-order valence-electron chi connectivity index (χ2n) is 3.33. The predicted molar refractivity (Wildman–Crippen MR) is 50.3 cm³/mol. The van der Waals surface area contributed by atoms with Gasteiger partial charge in [0.25, 0.3) is 6.10 Å². The second-order valence-corrected chi connectivity index (χ2v) is 4.82. The van der Waals surface area contributed by atoms with Gasteiger partial charge in [-0.15, -0.1) is 0 Å². The summed E-state index contributed by atoms with van der Waals surface area (Å²) in [6, 6.07) is 0. The van der Waals surface area contributed by atoms with Crippen molar-refractivity contribution in [1.82, 2.24) is 9.97 Å². The number of hydrogen-bond donors (Lipinski definition) is 2. The lowest BCUT2D eigenvalue weighted by Crippen LogP contribution is -2.52. The Morgan fingerprint density at radius 3 is 2.25 bits per heavy atom. The van der Waals surface area contributed by atoms with Crippen LogP contribution in [0.1, 0.15) is 10.5 Å². The van der Waals surface area contributed by atoms with E-state index in [9.17, 15) is 35.2 Å². The van der Waals surface area contributed by atoms with E-state index in [-0.39, 0.29) is 0 Å². The summed E-state index contributed by atoms with van der Waals surface area (Å²) in [5.41, 5.74) is -0.717. The number of nitrogens with zero attached hydrogens (tertiary/aromatic N) is 1. The van der Waals surface area contributed by atoms with E-state index in [0.29, 0.717) is 6.20 Å². The molecule has 7 nitrogen and oxygen atoms in total. The molecule has 1 atom stereocenters. The van der Waals surface area contributed by atoms with Crippen molar-refractivity contribution in [3.8, 4) is 0 Å². The van der Waals surface area contributed by atoms with Crippen molar-refractivity contribution in [3.63, 3.8) is 0 Å². The minimum Gasteiger partial charge on any atom is -0.440 e. The predicted octanol–water partition coefficient (Wildman–Crippen LogP) is 0.978. The van der Waals surface area contributed by atoms with Crippen LogP contribution < -0.4 is 0 Å². The van der Waals surface area contributed by atoms with Gasteiger partial charge in [0.2, 0.25) is 0 Å². The van der Waals surface area contributed by atoms with Crippen molar-refractivity contribution >= 4 is 16.1 Å². The number of aromatic amines is 1. The van der Waals surface area contributed by atoms with E-state index in [2.05, 4.69) is 9.72 Å². The number of alkyl halides is 5. The highest BCUT2D eigenvalue weighted by Crippen LogP contribution is 2.38. The molecule has 1 heterocycles. The molecule has 0 saturated carbocycles. The maximum absolute atomic E-state index is 13.0. The average Bonchev–Trinajstić information content (AvgIpc) is 2.75. The van der Waals surface area contributed by atoms with Gasteiger partial charge in [-0.25, -0.2) is 9.78 Å². The number of aromatic nitrogens is 2. The van der Waals surface area contributed by atoms with Crippen molar-refractivity contribution in [2.75, 3.05) is 0 Å². The highest BCUT2D eigenvalue weighted by Gasteiger charge is 2.66. The molecule has 2 N–H and O–H groups in total. The Morgan fingerprint density at radius 1 is 1.35 bits per heavy atom. The van der Waals surface area contributed by atoms with Crippen LogP contribution in [0.5, 0.6) is 0 Å². The maximum atomic E-state index is 13.0. The average molecular weight is 324 g/mol. The van der Waals surface area contributed by atoms with E-state index in [1.54, 1.807) is 0 Å². The Kier molecular flexibility index (Phi) is 4.05. The summed E-state index contributed by atoms with van der Waals surface area (Å²) in [5, 5.41) is -5.76. The van der Waals surface area contributed by atoms with Gasteiger partial charge in [-0.05, 0) is 0 Å². The number of imidazole rings is 1. The van der Waals surface area contributed by atoms with Gasteiger partial charge >= 0.3 is 27.5 Å². The molecule has 0 fully saturated rings. The number of esters is 1. The first-order valence-electron chi connectivity index (χ1n) is 4.48. The number of H-pyrrole nitrogens is 1. The Labute approximate surface area is 107 Å². The third-order valence-electron chi connectivity index (χ3n) is 1.89. The first kappa shape index (κ1) is 16.3. The fraction of sp³-hybridized carbons (Fsp3) is 0.429. The van der Waals surface area contributed by atoms with Crippen LogP contribution >= 0.6 is 0 Å². The molecule has 0 saturated heterocycles. The molecule has 0 spiro atoms. The number of hydrogen-bond acceptors (Lipinski definition) is 5. The summed E-state index contributed by atoms with van der Waals surface area (Å²) >= 11 is 0. The first-order chi connectivity index (χ1) is 8.87. The van der Waals surface area contributed by atoms with Crippen LogP contribution in [-0.2, 0) is 14.9 Å². The number of rotatable bonds is 4. The number of ether oxygens (including phenoxy) is 1. The molecule has 1 aromatic heterocycles. The fourth-order valence-electron chi connectivity index (χ4n) is 0.999. The molecule has 1 rings (SSSR count). The largest absolute Gasteiger partial charge is 0.440 e. The van der Waals surface area contributed by atoms with Crippen molar-refractivity contribution in [2.45, 2.75) is 17.5 Å². The van der Waals surface area contributed by atoms with E-state index in [4.69, 9.17) is 4.55 Å². The smallest absolute Gasteiger partial charge is 0.432 e. The highest BCUT2D eigenvalue weighted by molar-refractivity contribution is 7.86. The third kappa shape index (κ3) is 3.22. The third-order valence-corrected chi connectivity index (χ3v) is 2.79. The van der Waals surface area contributed by atoms with Gasteiger partial charge in [-0.1, -0.05) is 0 Å². The normalized spacial score (nSPS) is 14.9.